The molecule has 82 valence electrons. The van der Waals surface area contributed by atoms with Crippen molar-refractivity contribution < 1.29 is 0 Å². The van der Waals surface area contributed by atoms with E-state index in [4.69, 9.17) is 0 Å². The van der Waals surface area contributed by atoms with E-state index in [1.54, 1.807) is 0 Å². The lowest BCUT2D eigenvalue weighted by Crippen LogP contribution is -1.93. The van der Waals surface area contributed by atoms with Crippen LogP contribution in [0.4, 0.5) is 0 Å². The zero-order chi connectivity index (χ0) is 11.5. The maximum Gasteiger partial charge on any atom is 0.0178 e. The quantitative estimate of drug-likeness (QED) is 0.748. The number of hydrogen-bond acceptors (Lipinski definition) is 0. The third-order valence-electron chi connectivity index (χ3n) is 3.00. The number of halogens is 1. The minimum Gasteiger partial charge on any atom is -0.0617 e. The van der Waals surface area contributed by atoms with E-state index >= 15 is 0 Å². The van der Waals surface area contributed by atoms with Crippen LogP contribution in [0, 0.1) is 13.8 Å². The van der Waals surface area contributed by atoms with Gasteiger partial charge < -0.3 is 0 Å². The molecule has 0 nitrogen and oxygen atoms in total. The molecule has 0 amide bonds. The zero-order valence-electron chi connectivity index (χ0n) is 9.63. The van der Waals surface area contributed by atoms with E-state index in [1.807, 2.05) is 0 Å². The standard InChI is InChI=1S/C15H15Br/c1-11-5-3-7-14(12(11)2)9-13-6-4-8-15(16)10-13/h3-8,10H,9H2,1-2H3. The molecule has 2 rings (SSSR count). The van der Waals surface area contributed by atoms with Gasteiger partial charge in [-0.3, -0.25) is 0 Å². The first-order chi connectivity index (χ1) is 7.66. The second-order valence-electron chi connectivity index (χ2n) is 4.17. The Bertz CT molecular complexity index is 501. The topological polar surface area (TPSA) is 0 Å². The zero-order valence-corrected chi connectivity index (χ0v) is 11.2. The van der Waals surface area contributed by atoms with E-state index in [1.165, 1.54) is 22.3 Å². The summed E-state index contributed by atoms with van der Waals surface area (Å²) in [5, 5.41) is 0. The molecular weight excluding hydrogens is 260 g/mol. The van der Waals surface area contributed by atoms with E-state index in [0.717, 1.165) is 10.9 Å². The molecule has 0 spiro atoms. The van der Waals surface area contributed by atoms with Crippen molar-refractivity contribution in [3.8, 4) is 0 Å². The molecule has 0 radical (unpaired) electrons. The van der Waals surface area contributed by atoms with Gasteiger partial charge in [-0.25, -0.2) is 0 Å². The largest absolute Gasteiger partial charge is 0.0617 e. The van der Waals surface area contributed by atoms with Crippen LogP contribution in [0.3, 0.4) is 0 Å². The molecule has 0 saturated heterocycles. The molecule has 2 aromatic rings. The maximum atomic E-state index is 3.51. The van der Waals surface area contributed by atoms with Crippen molar-refractivity contribution in [1.82, 2.24) is 0 Å². The van der Waals surface area contributed by atoms with Crippen molar-refractivity contribution in [2.24, 2.45) is 0 Å². The smallest absolute Gasteiger partial charge is 0.0178 e. The second kappa shape index (κ2) is 4.84. The average molecular weight is 275 g/mol. The van der Waals surface area contributed by atoms with Gasteiger partial charge >= 0.3 is 0 Å². The predicted molar refractivity (Wildman–Crippen MR) is 72.9 cm³/mol. The fourth-order valence-corrected chi connectivity index (χ4v) is 2.32. The SMILES string of the molecule is Cc1cccc(Cc2cccc(Br)c2)c1C. The highest BCUT2D eigenvalue weighted by molar-refractivity contribution is 9.10. The van der Waals surface area contributed by atoms with Crippen LogP contribution in [0.1, 0.15) is 22.3 Å². The van der Waals surface area contributed by atoms with Crippen LogP contribution in [0.25, 0.3) is 0 Å². The first kappa shape index (κ1) is 11.4. The van der Waals surface area contributed by atoms with Crippen LogP contribution in [-0.4, -0.2) is 0 Å². The van der Waals surface area contributed by atoms with Crippen molar-refractivity contribution in [3.05, 3.63) is 69.2 Å². The molecule has 0 atom stereocenters. The Hall–Kier alpha value is -1.08. The molecule has 0 aliphatic carbocycles. The van der Waals surface area contributed by atoms with Crippen LogP contribution in [0.5, 0.6) is 0 Å². The Balaban J connectivity index is 2.31. The highest BCUT2D eigenvalue weighted by Crippen LogP contribution is 2.19. The van der Waals surface area contributed by atoms with Gasteiger partial charge in [0.05, 0.1) is 0 Å². The third-order valence-corrected chi connectivity index (χ3v) is 3.49. The summed E-state index contributed by atoms with van der Waals surface area (Å²) in [7, 11) is 0. The number of hydrogen-bond donors (Lipinski definition) is 0. The van der Waals surface area contributed by atoms with E-state index in [9.17, 15) is 0 Å². The van der Waals surface area contributed by atoms with Gasteiger partial charge in [0.1, 0.15) is 0 Å². The van der Waals surface area contributed by atoms with E-state index in [0.29, 0.717) is 0 Å². The lowest BCUT2D eigenvalue weighted by Gasteiger charge is -2.08. The van der Waals surface area contributed by atoms with Gasteiger partial charge in [0, 0.05) is 4.47 Å². The number of benzene rings is 2. The molecule has 0 unspecified atom stereocenters. The molecule has 0 heterocycles. The molecule has 16 heavy (non-hydrogen) atoms. The molecular formula is C15H15Br. The van der Waals surface area contributed by atoms with Gasteiger partial charge in [0.2, 0.25) is 0 Å². The summed E-state index contributed by atoms with van der Waals surface area (Å²) in [6, 6.07) is 15.0. The van der Waals surface area contributed by atoms with Crippen LogP contribution in [-0.2, 0) is 6.42 Å². The summed E-state index contributed by atoms with van der Waals surface area (Å²) < 4.78 is 1.15. The second-order valence-corrected chi connectivity index (χ2v) is 5.08. The van der Waals surface area contributed by atoms with E-state index in [2.05, 4.69) is 72.2 Å². The van der Waals surface area contributed by atoms with Gasteiger partial charge in [0.25, 0.3) is 0 Å². The molecule has 0 fully saturated rings. The van der Waals surface area contributed by atoms with Gasteiger partial charge in [0.15, 0.2) is 0 Å². The summed E-state index contributed by atoms with van der Waals surface area (Å²) >= 11 is 3.51. The van der Waals surface area contributed by atoms with Crippen molar-refractivity contribution in [3.63, 3.8) is 0 Å². The van der Waals surface area contributed by atoms with Crippen molar-refractivity contribution in [1.29, 1.82) is 0 Å². The van der Waals surface area contributed by atoms with Gasteiger partial charge in [-0.15, -0.1) is 0 Å². The fourth-order valence-electron chi connectivity index (χ4n) is 1.87. The van der Waals surface area contributed by atoms with Gasteiger partial charge in [-0.05, 0) is 54.7 Å². The van der Waals surface area contributed by atoms with Crippen molar-refractivity contribution >= 4 is 15.9 Å². The molecule has 1 heteroatoms. The van der Waals surface area contributed by atoms with Crippen LogP contribution < -0.4 is 0 Å². The summed E-state index contributed by atoms with van der Waals surface area (Å²) in [6.07, 6.45) is 1.01. The first-order valence-corrected chi connectivity index (χ1v) is 6.25. The summed E-state index contributed by atoms with van der Waals surface area (Å²) in [5.41, 5.74) is 5.54. The minimum atomic E-state index is 1.01. The van der Waals surface area contributed by atoms with E-state index in [-0.39, 0.29) is 0 Å². The molecule has 2 aromatic carbocycles. The Labute approximate surface area is 105 Å². The van der Waals surface area contributed by atoms with Crippen LogP contribution in [0.2, 0.25) is 0 Å². The predicted octanol–water partition coefficient (Wildman–Crippen LogP) is 4.66. The van der Waals surface area contributed by atoms with Crippen molar-refractivity contribution in [2.45, 2.75) is 20.3 Å². The number of rotatable bonds is 2. The lowest BCUT2D eigenvalue weighted by molar-refractivity contribution is 1.13. The Morgan fingerprint density at radius 3 is 2.50 bits per heavy atom. The van der Waals surface area contributed by atoms with Crippen LogP contribution in [0.15, 0.2) is 46.9 Å². The normalized spacial score (nSPS) is 10.4. The average Bonchev–Trinajstić information content (AvgIpc) is 2.25. The molecule has 0 aliphatic rings. The molecule has 0 aromatic heterocycles. The van der Waals surface area contributed by atoms with Crippen molar-refractivity contribution in [2.75, 3.05) is 0 Å². The highest BCUT2D eigenvalue weighted by atomic mass is 79.9. The van der Waals surface area contributed by atoms with Gasteiger partial charge in [-0.1, -0.05) is 46.3 Å². The summed E-state index contributed by atoms with van der Waals surface area (Å²) in [5.74, 6) is 0. The maximum absolute atomic E-state index is 3.51. The van der Waals surface area contributed by atoms with Crippen LogP contribution >= 0.6 is 15.9 Å². The molecule has 0 N–H and O–H groups in total. The molecule has 0 aliphatic heterocycles. The molecule has 0 bridgehead atoms. The first-order valence-electron chi connectivity index (χ1n) is 5.46. The number of aryl methyl sites for hydroxylation is 1. The van der Waals surface area contributed by atoms with E-state index < -0.39 is 0 Å². The Morgan fingerprint density at radius 1 is 1.00 bits per heavy atom. The van der Waals surface area contributed by atoms with Gasteiger partial charge in [-0.2, -0.15) is 0 Å². The minimum absolute atomic E-state index is 1.01. The Kier molecular flexibility index (Phi) is 3.45. The molecule has 0 saturated carbocycles. The lowest BCUT2D eigenvalue weighted by atomic mass is 9.97. The third kappa shape index (κ3) is 2.53. The summed E-state index contributed by atoms with van der Waals surface area (Å²) in [6.45, 7) is 4.36. The summed E-state index contributed by atoms with van der Waals surface area (Å²) in [4.78, 5) is 0. The fraction of sp³-hybridized carbons (Fsp3) is 0.200. The Morgan fingerprint density at radius 2 is 1.75 bits per heavy atom. The monoisotopic (exact) mass is 274 g/mol. The highest BCUT2D eigenvalue weighted by Gasteiger charge is 2.02.